The summed E-state index contributed by atoms with van der Waals surface area (Å²) >= 11 is 5.81. The molecule has 3 aromatic rings. The highest BCUT2D eigenvalue weighted by atomic mass is 35.5. The molecule has 0 aliphatic rings. The number of amides is 2. The molecule has 3 rings (SSSR count). The number of nitrogens with one attached hydrogen (secondary N) is 2. The van der Waals surface area contributed by atoms with E-state index in [2.05, 4.69) is 15.8 Å². The summed E-state index contributed by atoms with van der Waals surface area (Å²) in [5.41, 5.74) is 4.60. The Bertz CT molecular complexity index is 1130. The van der Waals surface area contributed by atoms with E-state index in [1.54, 1.807) is 60.7 Å². The van der Waals surface area contributed by atoms with Gasteiger partial charge in [0.1, 0.15) is 5.75 Å². The minimum Gasteiger partial charge on any atom is -0.423 e. The van der Waals surface area contributed by atoms with Crippen LogP contribution in [0, 0.1) is 6.92 Å². The van der Waals surface area contributed by atoms with Crippen molar-refractivity contribution in [3.63, 3.8) is 0 Å². The fourth-order valence-corrected chi connectivity index (χ4v) is 2.58. The summed E-state index contributed by atoms with van der Waals surface area (Å²) in [5.74, 6) is -1.99. The molecular weight excluding hydrogens is 418 g/mol. The number of ether oxygens (including phenoxy) is 1. The maximum absolute atomic E-state index is 12.2. The third kappa shape index (κ3) is 6.52. The van der Waals surface area contributed by atoms with Crippen molar-refractivity contribution in [3.8, 4) is 5.75 Å². The van der Waals surface area contributed by atoms with Crippen LogP contribution >= 0.6 is 11.6 Å². The molecule has 0 bridgehead atoms. The molecule has 8 heteroatoms. The number of nitrogens with zero attached hydrogens (tertiary/aromatic N) is 1. The van der Waals surface area contributed by atoms with Crippen molar-refractivity contribution >= 4 is 41.3 Å². The molecular formula is C23H18ClN3O4. The number of aryl methyl sites for hydroxylation is 1. The number of halogens is 1. The van der Waals surface area contributed by atoms with Crippen LogP contribution in [0.3, 0.4) is 0 Å². The zero-order chi connectivity index (χ0) is 22.2. The molecule has 0 fully saturated rings. The second-order valence-electron chi connectivity index (χ2n) is 6.49. The van der Waals surface area contributed by atoms with Crippen LogP contribution in [0.25, 0.3) is 0 Å². The van der Waals surface area contributed by atoms with Crippen molar-refractivity contribution < 1.29 is 19.1 Å². The normalized spacial score (nSPS) is 10.5. The number of esters is 1. The van der Waals surface area contributed by atoms with E-state index in [0.29, 0.717) is 27.6 Å². The molecule has 156 valence electrons. The molecule has 2 amide bonds. The summed E-state index contributed by atoms with van der Waals surface area (Å²) in [7, 11) is 0. The van der Waals surface area contributed by atoms with Crippen LogP contribution in [0.2, 0.25) is 5.02 Å². The molecule has 2 N–H and O–H groups in total. The zero-order valence-corrected chi connectivity index (χ0v) is 17.2. The molecule has 0 spiro atoms. The van der Waals surface area contributed by atoms with Gasteiger partial charge in [0.25, 0.3) is 0 Å². The predicted molar refractivity (Wildman–Crippen MR) is 118 cm³/mol. The highest BCUT2D eigenvalue weighted by Gasteiger charge is 2.13. The Morgan fingerprint density at radius 3 is 2.35 bits per heavy atom. The Morgan fingerprint density at radius 1 is 0.935 bits per heavy atom. The Labute approximate surface area is 183 Å². The maximum atomic E-state index is 12.2. The molecule has 0 aromatic heterocycles. The smallest absolute Gasteiger partial charge is 0.343 e. The van der Waals surface area contributed by atoms with Crippen LogP contribution in [0.5, 0.6) is 5.75 Å². The van der Waals surface area contributed by atoms with E-state index in [4.69, 9.17) is 16.3 Å². The lowest BCUT2D eigenvalue weighted by Crippen LogP contribution is -2.32. The summed E-state index contributed by atoms with van der Waals surface area (Å²) in [4.78, 5) is 36.0. The fourth-order valence-electron chi connectivity index (χ4n) is 2.45. The molecule has 0 saturated heterocycles. The number of carbonyl (C=O) groups is 3. The molecule has 0 saturated carbocycles. The first-order chi connectivity index (χ1) is 14.9. The van der Waals surface area contributed by atoms with Crippen molar-refractivity contribution in [1.29, 1.82) is 0 Å². The quantitative estimate of drug-likeness (QED) is 0.208. The monoisotopic (exact) mass is 435 g/mol. The minimum atomic E-state index is -0.915. The van der Waals surface area contributed by atoms with E-state index in [0.717, 1.165) is 5.56 Å². The minimum absolute atomic E-state index is 0.298. The standard InChI is InChI=1S/C23H18ClN3O4/c1-15-5-11-19(12-6-15)26-21(28)22(29)27-25-14-16-3-2-4-20(13-16)31-23(30)17-7-9-18(24)10-8-17/h2-14H,1H3,(H,26,28)(H,27,29)/b25-14+. The van der Waals surface area contributed by atoms with Crippen LogP contribution in [0.4, 0.5) is 5.69 Å². The lowest BCUT2D eigenvalue weighted by Gasteiger charge is -2.05. The van der Waals surface area contributed by atoms with Crippen molar-refractivity contribution in [2.75, 3.05) is 5.32 Å². The molecule has 0 atom stereocenters. The van der Waals surface area contributed by atoms with Crippen LogP contribution in [-0.2, 0) is 9.59 Å². The summed E-state index contributed by atoms with van der Waals surface area (Å²) in [6, 6.07) is 19.9. The van der Waals surface area contributed by atoms with Gasteiger partial charge in [-0.05, 0) is 61.0 Å². The number of rotatable bonds is 5. The lowest BCUT2D eigenvalue weighted by atomic mass is 10.2. The Kier molecular flexibility index (Phi) is 7.13. The van der Waals surface area contributed by atoms with Crippen molar-refractivity contribution in [3.05, 3.63) is 94.5 Å². The molecule has 3 aromatic carbocycles. The number of hydrazone groups is 1. The maximum Gasteiger partial charge on any atom is 0.343 e. The number of hydrogen-bond acceptors (Lipinski definition) is 5. The SMILES string of the molecule is Cc1ccc(NC(=O)C(=O)N/N=C/c2cccc(OC(=O)c3ccc(Cl)cc3)c2)cc1. The van der Waals surface area contributed by atoms with Gasteiger partial charge in [-0.15, -0.1) is 0 Å². The Hall–Kier alpha value is -3.97. The van der Waals surface area contributed by atoms with Gasteiger partial charge in [-0.25, -0.2) is 10.2 Å². The third-order valence-corrected chi connectivity index (χ3v) is 4.30. The Morgan fingerprint density at radius 2 is 1.65 bits per heavy atom. The van der Waals surface area contributed by atoms with E-state index < -0.39 is 17.8 Å². The van der Waals surface area contributed by atoms with Crippen molar-refractivity contribution in [2.24, 2.45) is 5.10 Å². The summed E-state index contributed by atoms with van der Waals surface area (Å²) < 4.78 is 5.33. The fraction of sp³-hybridized carbons (Fsp3) is 0.0435. The van der Waals surface area contributed by atoms with Gasteiger partial charge in [-0.3, -0.25) is 9.59 Å². The van der Waals surface area contributed by atoms with Gasteiger partial charge in [0.05, 0.1) is 11.8 Å². The average molecular weight is 436 g/mol. The molecule has 0 radical (unpaired) electrons. The van der Waals surface area contributed by atoms with E-state index in [1.807, 2.05) is 19.1 Å². The van der Waals surface area contributed by atoms with Gasteiger partial charge < -0.3 is 10.1 Å². The number of hydrogen-bond donors (Lipinski definition) is 2. The van der Waals surface area contributed by atoms with Gasteiger partial charge in [0.2, 0.25) is 0 Å². The van der Waals surface area contributed by atoms with Crippen LogP contribution in [0.15, 0.2) is 77.9 Å². The predicted octanol–water partition coefficient (Wildman–Crippen LogP) is 3.96. The summed E-state index contributed by atoms with van der Waals surface area (Å²) in [6.07, 6.45) is 1.33. The molecule has 0 heterocycles. The first kappa shape index (κ1) is 21.7. The molecule has 7 nitrogen and oxygen atoms in total. The summed E-state index contributed by atoms with van der Waals surface area (Å²) in [6.45, 7) is 1.92. The third-order valence-electron chi connectivity index (χ3n) is 4.04. The first-order valence-electron chi connectivity index (χ1n) is 9.19. The van der Waals surface area contributed by atoms with Gasteiger partial charge in [0.15, 0.2) is 0 Å². The number of benzene rings is 3. The van der Waals surface area contributed by atoms with Gasteiger partial charge in [0, 0.05) is 10.7 Å². The van der Waals surface area contributed by atoms with E-state index >= 15 is 0 Å². The second kappa shape index (κ2) is 10.2. The van der Waals surface area contributed by atoms with Gasteiger partial charge in [-0.2, -0.15) is 5.10 Å². The average Bonchev–Trinajstić information content (AvgIpc) is 2.76. The molecule has 0 aliphatic carbocycles. The van der Waals surface area contributed by atoms with Gasteiger partial charge in [-0.1, -0.05) is 41.4 Å². The van der Waals surface area contributed by atoms with Gasteiger partial charge >= 0.3 is 17.8 Å². The first-order valence-corrected chi connectivity index (χ1v) is 9.57. The topological polar surface area (TPSA) is 96.9 Å². The Balaban J connectivity index is 1.55. The molecule has 31 heavy (non-hydrogen) atoms. The van der Waals surface area contributed by atoms with E-state index in [-0.39, 0.29) is 0 Å². The molecule has 0 aliphatic heterocycles. The van der Waals surface area contributed by atoms with Crippen molar-refractivity contribution in [1.82, 2.24) is 5.43 Å². The lowest BCUT2D eigenvalue weighted by molar-refractivity contribution is -0.136. The highest BCUT2D eigenvalue weighted by molar-refractivity contribution is 6.39. The second-order valence-corrected chi connectivity index (χ2v) is 6.92. The zero-order valence-electron chi connectivity index (χ0n) is 16.5. The number of anilines is 1. The van der Waals surface area contributed by atoms with Crippen LogP contribution in [0.1, 0.15) is 21.5 Å². The summed E-state index contributed by atoms with van der Waals surface area (Å²) in [5, 5.41) is 6.76. The largest absolute Gasteiger partial charge is 0.423 e. The highest BCUT2D eigenvalue weighted by Crippen LogP contribution is 2.16. The molecule has 0 unspecified atom stereocenters. The van der Waals surface area contributed by atoms with E-state index in [1.165, 1.54) is 6.21 Å². The van der Waals surface area contributed by atoms with Crippen LogP contribution in [-0.4, -0.2) is 24.0 Å². The van der Waals surface area contributed by atoms with Crippen molar-refractivity contribution in [2.45, 2.75) is 6.92 Å². The van der Waals surface area contributed by atoms with E-state index in [9.17, 15) is 14.4 Å². The number of carbonyl (C=O) groups excluding carboxylic acids is 3. The van der Waals surface area contributed by atoms with Crippen LogP contribution < -0.4 is 15.5 Å².